The number of para-hydroxylation sites is 2. The molecule has 2 aromatic heterocycles. The number of benzene rings is 2. The summed E-state index contributed by atoms with van der Waals surface area (Å²) in [5.41, 5.74) is 1.51. The molecule has 1 amide bonds. The van der Waals surface area contributed by atoms with Crippen molar-refractivity contribution < 1.29 is 19.1 Å². The van der Waals surface area contributed by atoms with Crippen LogP contribution in [0.4, 0.5) is 0 Å². The Morgan fingerprint density at radius 2 is 2.00 bits per heavy atom. The lowest BCUT2D eigenvalue weighted by atomic mass is 10.1. The predicted molar refractivity (Wildman–Crippen MR) is 107 cm³/mol. The number of ether oxygens (including phenoxy) is 1. The first-order chi connectivity index (χ1) is 14.1. The van der Waals surface area contributed by atoms with Crippen LogP contribution in [0.3, 0.4) is 0 Å². The quantitative estimate of drug-likeness (QED) is 0.517. The summed E-state index contributed by atoms with van der Waals surface area (Å²) < 4.78 is 11.1. The first-order valence-corrected chi connectivity index (χ1v) is 9.11. The van der Waals surface area contributed by atoms with Gasteiger partial charge in [-0.1, -0.05) is 36.4 Å². The van der Waals surface area contributed by atoms with Crippen molar-refractivity contribution >= 4 is 16.8 Å². The molecular weight excluding hydrogens is 370 g/mol. The number of carbonyl (C=O) groups is 1. The smallest absolute Gasteiger partial charge is 0.273 e. The number of fused-ring (bicyclic) bond motifs is 1. The third kappa shape index (κ3) is 4.03. The monoisotopic (exact) mass is 389 g/mol. The number of nitrogens with one attached hydrogen (secondary N) is 1. The van der Waals surface area contributed by atoms with Crippen LogP contribution in [0.5, 0.6) is 11.5 Å². The van der Waals surface area contributed by atoms with Crippen LogP contribution in [0.1, 0.15) is 34.9 Å². The number of nitrogens with zero attached hydrogens (tertiary/aromatic N) is 2. The third-order valence-corrected chi connectivity index (χ3v) is 4.48. The van der Waals surface area contributed by atoms with Crippen LogP contribution < -0.4 is 10.1 Å². The first kappa shape index (κ1) is 18.5. The van der Waals surface area contributed by atoms with E-state index in [2.05, 4.69) is 15.3 Å². The number of pyridine rings is 1. The van der Waals surface area contributed by atoms with Gasteiger partial charge in [0, 0.05) is 17.1 Å². The highest BCUT2D eigenvalue weighted by Gasteiger charge is 2.17. The molecule has 4 rings (SSSR count). The summed E-state index contributed by atoms with van der Waals surface area (Å²) in [5, 5.41) is 13.7. The molecule has 0 saturated carbocycles. The predicted octanol–water partition coefficient (Wildman–Crippen LogP) is 4.00. The van der Waals surface area contributed by atoms with Gasteiger partial charge in [0.2, 0.25) is 5.89 Å². The second-order valence-electron chi connectivity index (χ2n) is 6.50. The van der Waals surface area contributed by atoms with Crippen LogP contribution in [-0.4, -0.2) is 21.0 Å². The third-order valence-electron chi connectivity index (χ3n) is 4.48. The summed E-state index contributed by atoms with van der Waals surface area (Å²) in [6.07, 6.45) is 2.99. The van der Waals surface area contributed by atoms with Crippen molar-refractivity contribution in [3.8, 4) is 11.5 Å². The van der Waals surface area contributed by atoms with Crippen LogP contribution in [-0.2, 0) is 6.61 Å². The van der Waals surface area contributed by atoms with E-state index in [1.807, 2.05) is 30.3 Å². The van der Waals surface area contributed by atoms with Gasteiger partial charge in [0.05, 0.1) is 6.04 Å². The van der Waals surface area contributed by atoms with E-state index in [4.69, 9.17) is 9.15 Å². The SMILES string of the molecule is CC(NC(=O)c1coc(COc2cccc3cccnc23)n1)c1ccccc1O. The maximum absolute atomic E-state index is 12.4. The standard InChI is InChI=1S/C22H19N3O4/c1-14(16-8-2-3-9-18(16)26)24-22(27)17-12-29-20(25-17)13-28-19-10-4-6-15-7-5-11-23-21(15)19/h2-12,14,26H,13H2,1H3,(H,24,27). The van der Waals surface area contributed by atoms with Gasteiger partial charge in [0.1, 0.15) is 23.3 Å². The molecule has 0 aliphatic rings. The molecule has 7 heteroatoms. The number of hydrogen-bond acceptors (Lipinski definition) is 6. The topological polar surface area (TPSA) is 97.5 Å². The summed E-state index contributed by atoms with van der Waals surface area (Å²) >= 11 is 0. The minimum absolute atomic E-state index is 0.0675. The summed E-state index contributed by atoms with van der Waals surface area (Å²) in [7, 11) is 0. The molecule has 0 saturated heterocycles. The molecule has 0 aliphatic heterocycles. The molecule has 7 nitrogen and oxygen atoms in total. The number of hydrogen-bond donors (Lipinski definition) is 2. The van der Waals surface area contributed by atoms with Crippen molar-refractivity contribution in [3.63, 3.8) is 0 Å². The van der Waals surface area contributed by atoms with Crippen LogP contribution in [0.15, 0.2) is 71.5 Å². The number of rotatable bonds is 6. The second-order valence-corrected chi connectivity index (χ2v) is 6.50. The van der Waals surface area contributed by atoms with E-state index in [0.29, 0.717) is 11.3 Å². The highest BCUT2D eigenvalue weighted by molar-refractivity contribution is 5.92. The Labute approximate surface area is 167 Å². The number of phenolic OH excluding ortho intramolecular Hbond substituents is 1. The molecule has 1 unspecified atom stereocenters. The summed E-state index contributed by atoms with van der Waals surface area (Å²) in [5.74, 6) is 0.611. The van der Waals surface area contributed by atoms with Crippen molar-refractivity contribution in [2.75, 3.05) is 0 Å². The van der Waals surface area contributed by atoms with Crippen molar-refractivity contribution in [1.29, 1.82) is 0 Å². The average Bonchev–Trinajstić information content (AvgIpc) is 3.21. The molecule has 0 spiro atoms. The molecule has 0 bridgehead atoms. The van der Waals surface area contributed by atoms with Gasteiger partial charge in [-0.3, -0.25) is 9.78 Å². The Bertz CT molecular complexity index is 1150. The molecular formula is C22H19N3O4. The molecule has 2 aromatic carbocycles. The Morgan fingerprint density at radius 1 is 1.17 bits per heavy atom. The van der Waals surface area contributed by atoms with E-state index in [0.717, 1.165) is 10.9 Å². The molecule has 0 fully saturated rings. The zero-order chi connectivity index (χ0) is 20.2. The van der Waals surface area contributed by atoms with E-state index in [1.54, 1.807) is 37.4 Å². The Balaban J connectivity index is 1.41. The highest BCUT2D eigenvalue weighted by atomic mass is 16.5. The highest BCUT2D eigenvalue weighted by Crippen LogP contribution is 2.25. The molecule has 0 aliphatic carbocycles. The van der Waals surface area contributed by atoms with Gasteiger partial charge in [-0.15, -0.1) is 0 Å². The zero-order valence-electron chi connectivity index (χ0n) is 15.7. The molecule has 1 atom stereocenters. The van der Waals surface area contributed by atoms with E-state index in [1.165, 1.54) is 6.26 Å². The first-order valence-electron chi connectivity index (χ1n) is 9.11. The van der Waals surface area contributed by atoms with Gasteiger partial charge < -0.3 is 19.6 Å². The average molecular weight is 389 g/mol. The lowest BCUT2D eigenvalue weighted by Crippen LogP contribution is -2.27. The number of aromatic nitrogens is 2. The fourth-order valence-electron chi connectivity index (χ4n) is 3.02. The maximum atomic E-state index is 12.4. The zero-order valence-corrected chi connectivity index (χ0v) is 15.7. The lowest BCUT2D eigenvalue weighted by molar-refractivity contribution is 0.0934. The number of phenols is 1. The normalized spacial score (nSPS) is 11.9. The van der Waals surface area contributed by atoms with Gasteiger partial charge >= 0.3 is 0 Å². The van der Waals surface area contributed by atoms with Crippen molar-refractivity contribution in [3.05, 3.63) is 84.2 Å². The van der Waals surface area contributed by atoms with Gasteiger partial charge in [-0.2, -0.15) is 0 Å². The van der Waals surface area contributed by atoms with Crippen LogP contribution in [0.2, 0.25) is 0 Å². The summed E-state index contributed by atoms with van der Waals surface area (Å²) in [6, 6.07) is 15.9. The molecule has 2 N–H and O–H groups in total. The largest absolute Gasteiger partial charge is 0.508 e. The van der Waals surface area contributed by atoms with Crippen LogP contribution in [0.25, 0.3) is 10.9 Å². The fourth-order valence-corrected chi connectivity index (χ4v) is 3.02. The van der Waals surface area contributed by atoms with Crippen molar-refractivity contribution in [2.45, 2.75) is 19.6 Å². The molecule has 146 valence electrons. The molecule has 2 heterocycles. The van der Waals surface area contributed by atoms with E-state index >= 15 is 0 Å². The molecule has 0 radical (unpaired) electrons. The summed E-state index contributed by atoms with van der Waals surface area (Å²) in [4.78, 5) is 21.0. The van der Waals surface area contributed by atoms with Gasteiger partial charge in [0.25, 0.3) is 5.91 Å². The molecule has 29 heavy (non-hydrogen) atoms. The number of amides is 1. The molecule has 4 aromatic rings. The van der Waals surface area contributed by atoms with E-state index < -0.39 is 5.91 Å². The number of oxazole rings is 1. The van der Waals surface area contributed by atoms with Crippen LogP contribution >= 0.6 is 0 Å². The van der Waals surface area contributed by atoms with Crippen molar-refractivity contribution in [2.24, 2.45) is 0 Å². The minimum atomic E-state index is -0.400. The van der Waals surface area contributed by atoms with Crippen molar-refractivity contribution in [1.82, 2.24) is 15.3 Å². The Kier molecular flexibility index (Phi) is 5.11. The number of carbonyl (C=O) groups excluding carboxylic acids is 1. The van der Waals surface area contributed by atoms with Gasteiger partial charge in [-0.05, 0) is 25.1 Å². The maximum Gasteiger partial charge on any atom is 0.273 e. The fraction of sp³-hybridized carbons (Fsp3) is 0.136. The Morgan fingerprint density at radius 3 is 2.86 bits per heavy atom. The second kappa shape index (κ2) is 8.02. The van der Waals surface area contributed by atoms with Gasteiger partial charge in [-0.25, -0.2) is 4.98 Å². The Hall–Kier alpha value is -3.87. The van der Waals surface area contributed by atoms with Gasteiger partial charge in [0.15, 0.2) is 12.3 Å². The lowest BCUT2D eigenvalue weighted by Gasteiger charge is -2.14. The van der Waals surface area contributed by atoms with Crippen LogP contribution in [0, 0.1) is 0 Å². The van der Waals surface area contributed by atoms with E-state index in [-0.39, 0.29) is 30.0 Å². The van der Waals surface area contributed by atoms with E-state index in [9.17, 15) is 9.90 Å². The minimum Gasteiger partial charge on any atom is -0.508 e. The summed E-state index contributed by atoms with van der Waals surface area (Å²) in [6.45, 7) is 1.85. The number of aromatic hydroxyl groups is 1.